The maximum Gasteiger partial charge on any atom is 0.118 e. The molecule has 0 amide bonds. The number of methoxy groups -OCH3 is 1. The van der Waals surface area contributed by atoms with E-state index < -0.39 is 0 Å². The SMILES string of the molecule is COc1ccc(/C=C/CNN2CCN(C)CC2)cc1. The minimum atomic E-state index is 0.871. The third-order valence-electron chi connectivity index (χ3n) is 3.36. The zero-order valence-electron chi connectivity index (χ0n) is 11.8. The van der Waals surface area contributed by atoms with Gasteiger partial charge in [0.1, 0.15) is 5.75 Å². The molecule has 4 nitrogen and oxygen atoms in total. The lowest BCUT2D eigenvalue weighted by atomic mass is 10.2. The van der Waals surface area contributed by atoms with E-state index in [0.717, 1.165) is 38.5 Å². The van der Waals surface area contributed by atoms with Crippen molar-refractivity contribution in [3.8, 4) is 5.75 Å². The summed E-state index contributed by atoms with van der Waals surface area (Å²) in [7, 11) is 3.85. The molecule has 0 saturated carbocycles. The Morgan fingerprint density at radius 2 is 1.84 bits per heavy atom. The zero-order valence-corrected chi connectivity index (χ0v) is 11.8. The standard InChI is InChI=1S/C15H23N3O/c1-17-10-12-18(13-11-17)16-9-3-4-14-5-7-15(19-2)8-6-14/h3-8,16H,9-13H2,1-2H3/b4-3+. The molecule has 1 aromatic rings. The van der Waals surface area contributed by atoms with Crippen LogP contribution in [0.2, 0.25) is 0 Å². The van der Waals surface area contributed by atoms with E-state index in [1.54, 1.807) is 7.11 Å². The van der Waals surface area contributed by atoms with Crippen LogP contribution in [0.25, 0.3) is 6.08 Å². The van der Waals surface area contributed by atoms with Gasteiger partial charge in [-0.2, -0.15) is 0 Å². The molecule has 0 spiro atoms. The van der Waals surface area contributed by atoms with E-state index in [4.69, 9.17) is 4.74 Å². The molecule has 0 radical (unpaired) electrons. The molecule has 4 heteroatoms. The van der Waals surface area contributed by atoms with Crippen LogP contribution < -0.4 is 10.2 Å². The van der Waals surface area contributed by atoms with Crippen LogP contribution in [0, 0.1) is 0 Å². The van der Waals surface area contributed by atoms with Crippen LogP contribution in [0.3, 0.4) is 0 Å². The Hall–Kier alpha value is -1.36. The molecule has 2 rings (SSSR count). The quantitative estimate of drug-likeness (QED) is 0.868. The third-order valence-corrected chi connectivity index (χ3v) is 3.36. The Balaban J connectivity index is 1.71. The predicted octanol–water partition coefficient (Wildman–Crippen LogP) is 1.46. The second-order valence-electron chi connectivity index (χ2n) is 4.83. The van der Waals surface area contributed by atoms with Crippen LogP contribution in [0.5, 0.6) is 5.75 Å². The number of likely N-dealkylation sites (N-methyl/N-ethyl adjacent to an activating group) is 1. The molecule has 1 aromatic carbocycles. The van der Waals surface area contributed by atoms with Crippen molar-refractivity contribution >= 4 is 6.08 Å². The largest absolute Gasteiger partial charge is 0.497 e. The fourth-order valence-corrected chi connectivity index (χ4v) is 2.06. The molecule has 0 bridgehead atoms. The molecule has 1 aliphatic rings. The van der Waals surface area contributed by atoms with Crippen molar-refractivity contribution in [1.29, 1.82) is 0 Å². The van der Waals surface area contributed by atoms with Crippen LogP contribution in [-0.4, -0.2) is 56.8 Å². The molecule has 0 unspecified atom stereocenters. The molecular formula is C15H23N3O. The number of benzene rings is 1. The number of nitrogens with one attached hydrogen (secondary N) is 1. The Bertz CT molecular complexity index is 394. The van der Waals surface area contributed by atoms with Gasteiger partial charge < -0.3 is 9.64 Å². The van der Waals surface area contributed by atoms with Gasteiger partial charge in [0.2, 0.25) is 0 Å². The van der Waals surface area contributed by atoms with Gasteiger partial charge >= 0.3 is 0 Å². The van der Waals surface area contributed by atoms with E-state index in [-0.39, 0.29) is 0 Å². The van der Waals surface area contributed by atoms with Crippen molar-refractivity contribution in [3.05, 3.63) is 35.9 Å². The van der Waals surface area contributed by atoms with E-state index in [1.807, 2.05) is 12.1 Å². The van der Waals surface area contributed by atoms with Crippen molar-refractivity contribution in [3.63, 3.8) is 0 Å². The van der Waals surface area contributed by atoms with Crippen molar-refractivity contribution < 1.29 is 4.74 Å². The van der Waals surface area contributed by atoms with E-state index >= 15 is 0 Å². The van der Waals surface area contributed by atoms with Gasteiger partial charge in [-0.3, -0.25) is 5.43 Å². The minimum Gasteiger partial charge on any atom is -0.497 e. The number of nitrogens with zero attached hydrogens (tertiary/aromatic N) is 2. The molecule has 104 valence electrons. The first kappa shape index (κ1) is 14.1. The summed E-state index contributed by atoms with van der Waals surface area (Å²) in [5, 5.41) is 2.29. The predicted molar refractivity (Wildman–Crippen MR) is 79.1 cm³/mol. The molecule has 0 aliphatic carbocycles. The van der Waals surface area contributed by atoms with Crippen LogP contribution >= 0.6 is 0 Å². The Morgan fingerprint density at radius 3 is 2.47 bits per heavy atom. The highest BCUT2D eigenvalue weighted by atomic mass is 16.5. The van der Waals surface area contributed by atoms with Crippen molar-refractivity contribution in [1.82, 2.24) is 15.3 Å². The summed E-state index contributed by atoms with van der Waals surface area (Å²) in [5.41, 5.74) is 4.63. The lowest BCUT2D eigenvalue weighted by Crippen LogP contribution is -2.50. The third kappa shape index (κ3) is 4.67. The van der Waals surface area contributed by atoms with E-state index in [9.17, 15) is 0 Å². The summed E-state index contributed by atoms with van der Waals surface area (Å²) in [6.45, 7) is 5.32. The molecule has 1 aliphatic heterocycles. The Labute approximate surface area is 115 Å². The summed E-state index contributed by atoms with van der Waals surface area (Å²) < 4.78 is 5.14. The van der Waals surface area contributed by atoms with Crippen LogP contribution in [0.15, 0.2) is 30.3 Å². The van der Waals surface area contributed by atoms with Crippen LogP contribution in [-0.2, 0) is 0 Å². The maximum absolute atomic E-state index is 5.14. The highest BCUT2D eigenvalue weighted by molar-refractivity contribution is 5.50. The molecular weight excluding hydrogens is 238 g/mol. The first-order valence-electron chi connectivity index (χ1n) is 6.75. The average molecular weight is 261 g/mol. The molecule has 0 aromatic heterocycles. The van der Waals surface area contributed by atoms with Gasteiger partial charge in [0.15, 0.2) is 0 Å². The van der Waals surface area contributed by atoms with Gasteiger partial charge in [-0.05, 0) is 24.7 Å². The fourth-order valence-electron chi connectivity index (χ4n) is 2.06. The van der Waals surface area contributed by atoms with Gasteiger partial charge in [-0.25, -0.2) is 5.01 Å². The lowest BCUT2D eigenvalue weighted by molar-refractivity contribution is 0.110. The van der Waals surface area contributed by atoms with Crippen molar-refractivity contribution in [2.24, 2.45) is 0 Å². The summed E-state index contributed by atoms with van der Waals surface area (Å²) >= 11 is 0. The fraction of sp³-hybridized carbons (Fsp3) is 0.467. The van der Waals surface area contributed by atoms with Crippen molar-refractivity contribution in [2.45, 2.75) is 0 Å². The second kappa shape index (κ2) is 7.28. The van der Waals surface area contributed by atoms with Crippen LogP contribution in [0.1, 0.15) is 5.56 Å². The second-order valence-corrected chi connectivity index (χ2v) is 4.83. The highest BCUT2D eigenvalue weighted by Crippen LogP contribution is 2.12. The van der Waals surface area contributed by atoms with Gasteiger partial charge in [0, 0.05) is 32.7 Å². The highest BCUT2D eigenvalue weighted by Gasteiger charge is 2.11. The lowest BCUT2D eigenvalue weighted by Gasteiger charge is -2.32. The summed E-state index contributed by atoms with van der Waals surface area (Å²) in [6, 6.07) is 8.08. The van der Waals surface area contributed by atoms with E-state index in [1.165, 1.54) is 5.56 Å². The molecule has 1 heterocycles. The summed E-state index contributed by atoms with van der Waals surface area (Å²) in [6.07, 6.45) is 4.28. The Morgan fingerprint density at radius 1 is 1.16 bits per heavy atom. The smallest absolute Gasteiger partial charge is 0.118 e. The number of ether oxygens (including phenoxy) is 1. The van der Waals surface area contributed by atoms with Crippen molar-refractivity contribution in [2.75, 3.05) is 46.9 Å². The molecule has 0 atom stereocenters. The number of rotatable bonds is 5. The molecule has 19 heavy (non-hydrogen) atoms. The topological polar surface area (TPSA) is 27.7 Å². The molecule has 1 saturated heterocycles. The molecule has 1 fully saturated rings. The monoisotopic (exact) mass is 261 g/mol. The number of hydrogen-bond acceptors (Lipinski definition) is 4. The van der Waals surface area contributed by atoms with Gasteiger partial charge in [-0.1, -0.05) is 24.3 Å². The Kier molecular flexibility index (Phi) is 5.39. The number of piperazine rings is 1. The first-order valence-corrected chi connectivity index (χ1v) is 6.75. The summed E-state index contributed by atoms with van der Waals surface area (Å²) in [4.78, 5) is 2.35. The average Bonchev–Trinajstić information content (AvgIpc) is 2.46. The van der Waals surface area contributed by atoms with E-state index in [0.29, 0.717) is 0 Å². The normalized spacial score (nSPS) is 18.0. The van der Waals surface area contributed by atoms with Crippen LogP contribution in [0.4, 0.5) is 0 Å². The maximum atomic E-state index is 5.14. The number of hydrazine groups is 1. The van der Waals surface area contributed by atoms with Gasteiger partial charge in [0.05, 0.1) is 7.11 Å². The van der Waals surface area contributed by atoms with Gasteiger partial charge in [-0.15, -0.1) is 0 Å². The summed E-state index contributed by atoms with van der Waals surface area (Å²) in [5.74, 6) is 0.896. The minimum absolute atomic E-state index is 0.871. The van der Waals surface area contributed by atoms with E-state index in [2.05, 4.69) is 46.7 Å². The van der Waals surface area contributed by atoms with Gasteiger partial charge in [0.25, 0.3) is 0 Å². The zero-order chi connectivity index (χ0) is 13.5. The number of hydrogen-bond donors (Lipinski definition) is 1. The molecule has 1 N–H and O–H groups in total. The first-order chi connectivity index (χ1) is 9.28.